The van der Waals surface area contributed by atoms with E-state index >= 15 is 0 Å². The fourth-order valence-electron chi connectivity index (χ4n) is 3.36. The maximum Gasteiger partial charge on any atom is 0.313 e. The van der Waals surface area contributed by atoms with Gasteiger partial charge in [0.25, 0.3) is 0 Å². The van der Waals surface area contributed by atoms with Gasteiger partial charge in [-0.1, -0.05) is 20.8 Å². The van der Waals surface area contributed by atoms with Gasteiger partial charge in [0.15, 0.2) is 9.84 Å². The average molecular weight is 399 g/mol. The Morgan fingerprint density at radius 2 is 1.89 bits per heavy atom. The maximum absolute atomic E-state index is 14.0. The predicted octanol–water partition coefficient (Wildman–Crippen LogP) is 2.84. The number of rotatable bonds is 3. The number of anilines is 1. The van der Waals surface area contributed by atoms with Crippen LogP contribution in [0.25, 0.3) is 0 Å². The monoisotopic (exact) mass is 398 g/mol. The first kappa shape index (κ1) is 21.3. The SMILES string of the molecule is CC(C)[C@@H]1CC[C@@H](C)CCN1C(=O)C(=O)Nc1cc(S(C)(=O)=O)ccc1F. The van der Waals surface area contributed by atoms with Crippen molar-refractivity contribution in [2.45, 2.75) is 51.0 Å². The first-order valence-corrected chi connectivity index (χ1v) is 11.0. The molecule has 1 aliphatic heterocycles. The number of hydrogen-bond donors (Lipinski definition) is 1. The molecule has 8 heteroatoms. The van der Waals surface area contributed by atoms with Crippen LogP contribution in [-0.2, 0) is 19.4 Å². The quantitative estimate of drug-likeness (QED) is 0.627. The molecule has 0 radical (unpaired) electrons. The fourth-order valence-corrected chi connectivity index (χ4v) is 4.01. The van der Waals surface area contributed by atoms with Crippen LogP contribution in [0.5, 0.6) is 0 Å². The topological polar surface area (TPSA) is 83.6 Å². The van der Waals surface area contributed by atoms with Crippen LogP contribution >= 0.6 is 0 Å². The molecule has 2 rings (SSSR count). The van der Waals surface area contributed by atoms with Crippen molar-refractivity contribution in [2.24, 2.45) is 11.8 Å². The zero-order chi connectivity index (χ0) is 20.4. The number of carbonyl (C=O) groups is 2. The second-order valence-electron chi connectivity index (χ2n) is 7.65. The van der Waals surface area contributed by atoms with E-state index in [2.05, 4.69) is 12.2 Å². The standard InChI is InChI=1S/C19H27FN2O4S/c1-12(2)17-8-5-13(3)9-10-22(17)19(24)18(23)21-16-11-14(27(4,25)26)6-7-15(16)20/h6-7,11-13,17H,5,8-10H2,1-4H3,(H,21,23)/t13-,17+/m1/s1. The van der Waals surface area contributed by atoms with Crippen LogP contribution in [0.15, 0.2) is 23.1 Å². The third-order valence-electron chi connectivity index (χ3n) is 5.06. The highest BCUT2D eigenvalue weighted by Crippen LogP contribution is 2.26. The van der Waals surface area contributed by atoms with Crippen LogP contribution < -0.4 is 5.32 Å². The van der Waals surface area contributed by atoms with E-state index in [-0.39, 0.29) is 22.5 Å². The van der Waals surface area contributed by atoms with Crippen molar-refractivity contribution in [3.8, 4) is 0 Å². The number of benzene rings is 1. The fraction of sp³-hybridized carbons (Fsp3) is 0.579. The Labute approximate surface area is 160 Å². The van der Waals surface area contributed by atoms with Gasteiger partial charge >= 0.3 is 11.8 Å². The number of halogens is 1. The van der Waals surface area contributed by atoms with Gasteiger partial charge in [0.2, 0.25) is 0 Å². The van der Waals surface area contributed by atoms with Crippen LogP contribution in [0.1, 0.15) is 40.0 Å². The lowest BCUT2D eigenvalue weighted by atomic mass is 9.95. The molecule has 0 saturated carbocycles. The van der Waals surface area contributed by atoms with E-state index in [0.29, 0.717) is 12.5 Å². The summed E-state index contributed by atoms with van der Waals surface area (Å²) in [6.45, 7) is 6.61. The molecule has 1 aliphatic rings. The lowest BCUT2D eigenvalue weighted by molar-refractivity contribution is -0.145. The van der Waals surface area contributed by atoms with Gasteiger partial charge in [0.1, 0.15) is 5.82 Å². The summed E-state index contributed by atoms with van der Waals surface area (Å²) in [5.74, 6) is -1.81. The minimum atomic E-state index is -3.56. The third-order valence-corrected chi connectivity index (χ3v) is 6.17. The van der Waals surface area contributed by atoms with Gasteiger partial charge in [-0.25, -0.2) is 12.8 Å². The lowest BCUT2D eigenvalue weighted by Gasteiger charge is -2.32. The van der Waals surface area contributed by atoms with Gasteiger partial charge in [-0.05, 0) is 49.3 Å². The number of sulfone groups is 1. The molecular weight excluding hydrogens is 371 g/mol. The summed E-state index contributed by atoms with van der Waals surface area (Å²) in [5.41, 5.74) is -0.319. The number of likely N-dealkylation sites (tertiary alicyclic amines) is 1. The first-order valence-electron chi connectivity index (χ1n) is 9.12. The lowest BCUT2D eigenvalue weighted by Crippen LogP contribution is -2.47. The zero-order valence-electron chi connectivity index (χ0n) is 16.2. The van der Waals surface area contributed by atoms with Gasteiger partial charge < -0.3 is 10.2 Å². The van der Waals surface area contributed by atoms with Gasteiger partial charge in [-0.15, -0.1) is 0 Å². The molecular formula is C19H27FN2O4S. The van der Waals surface area contributed by atoms with E-state index in [1.54, 1.807) is 4.90 Å². The van der Waals surface area contributed by atoms with Crippen LogP contribution in [0.3, 0.4) is 0 Å². The van der Waals surface area contributed by atoms with Crippen molar-refractivity contribution in [2.75, 3.05) is 18.1 Å². The summed E-state index contributed by atoms with van der Waals surface area (Å²) in [6, 6.07) is 3.05. The van der Waals surface area contributed by atoms with Crippen LogP contribution in [0.2, 0.25) is 0 Å². The average Bonchev–Trinajstić information content (AvgIpc) is 2.76. The Bertz CT molecular complexity index is 823. The highest BCUT2D eigenvalue weighted by Gasteiger charge is 2.33. The van der Waals surface area contributed by atoms with Gasteiger partial charge in [-0.2, -0.15) is 0 Å². The van der Waals surface area contributed by atoms with Crippen molar-refractivity contribution in [1.29, 1.82) is 0 Å². The normalized spacial score (nSPS) is 21.0. The molecule has 150 valence electrons. The summed E-state index contributed by atoms with van der Waals surface area (Å²) in [7, 11) is -3.56. The molecule has 0 spiro atoms. The van der Waals surface area contributed by atoms with Crippen LogP contribution in [0, 0.1) is 17.7 Å². The molecule has 6 nitrogen and oxygen atoms in total. The highest BCUT2D eigenvalue weighted by atomic mass is 32.2. The van der Waals surface area contributed by atoms with E-state index in [4.69, 9.17) is 0 Å². The van der Waals surface area contributed by atoms with E-state index in [1.807, 2.05) is 13.8 Å². The Balaban J connectivity index is 2.23. The van der Waals surface area contributed by atoms with Gasteiger partial charge in [0.05, 0.1) is 10.6 Å². The maximum atomic E-state index is 14.0. The van der Waals surface area contributed by atoms with Crippen LogP contribution in [-0.4, -0.2) is 44.0 Å². The number of nitrogens with one attached hydrogen (secondary N) is 1. The predicted molar refractivity (Wildman–Crippen MR) is 101 cm³/mol. The Kier molecular flexibility index (Phi) is 6.62. The zero-order valence-corrected chi connectivity index (χ0v) is 17.0. The molecule has 0 bridgehead atoms. The summed E-state index contributed by atoms with van der Waals surface area (Å²) in [6.07, 6.45) is 3.60. The molecule has 0 unspecified atom stereocenters. The van der Waals surface area contributed by atoms with Crippen molar-refractivity contribution in [1.82, 2.24) is 4.90 Å². The second-order valence-corrected chi connectivity index (χ2v) is 9.66. The molecule has 1 saturated heterocycles. The summed E-state index contributed by atoms with van der Waals surface area (Å²) in [4.78, 5) is 26.7. The smallest absolute Gasteiger partial charge is 0.313 e. The van der Waals surface area contributed by atoms with E-state index in [0.717, 1.165) is 43.7 Å². The number of nitrogens with zero attached hydrogens (tertiary/aromatic N) is 1. The van der Waals surface area contributed by atoms with Crippen LogP contribution in [0.4, 0.5) is 10.1 Å². The molecule has 1 fully saturated rings. The second kappa shape index (κ2) is 8.37. The number of amides is 2. The van der Waals surface area contributed by atoms with Crippen molar-refractivity contribution in [3.63, 3.8) is 0 Å². The molecule has 1 N–H and O–H groups in total. The number of hydrogen-bond acceptors (Lipinski definition) is 4. The summed E-state index contributed by atoms with van der Waals surface area (Å²) < 4.78 is 37.3. The van der Waals surface area contributed by atoms with Crippen molar-refractivity contribution >= 4 is 27.3 Å². The molecule has 0 aliphatic carbocycles. The van der Waals surface area contributed by atoms with Gasteiger partial charge in [-0.3, -0.25) is 9.59 Å². The Hall–Kier alpha value is -1.96. The minimum Gasteiger partial charge on any atom is -0.331 e. The van der Waals surface area contributed by atoms with Crippen molar-refractivity contribution < 1.29 is 22.4 Å². The number of carbonyl (C=O) groups excluding carboxylic acids is 2. The molecule has 1 heterocycles. The highest BCUT2D eigenvalue weighted by molar-refractivity contribution is 7.90. The van der Waals surface area contributed by atoms with E-state index < -0.39 is 27.5 Å². The Morgan fingerprint density at radius 3 is 2.48 bits per heavy atom. The molecule has 1 aromatic carbocycles. The largest absolute Gasteiger partial charge is 0.331 e. The molecule has 2 amide bonds. The summed E-state index contributed by atoms with van der Waals surface area (Å²) in [5, 5.41) is 2.24. The minimum absolute atomic E-state index is 0.0552. The first-order chi connectivity index (χ1) is 12.5. The third kappa shape index (κ3) is 5.28. The molecule has 0 aromatic heterocycles. The summed E-state index contributed by atoms with van der Waals surface area (Å²) >= 11 is 0. The van der Waals surface area contributed by atoms with Crippen molar-refractivity contribution in [3.05, 3.63) is 24.0 Å². The van der Waals surface area contributed by atoms with Gasteiger partial charge in [0, 0.05) is 18.8 Å². The molecule has 1 aromatic rings. The van der Waals surface area contributed by atoms with E-state index in [1.165, 1.54) is 0 Å². The molecule has 2 atom stereocenters. The molecule has 27 heavy (non-hydrogen) atoms. The Morgan fingerprint density at radius 1 is 1.22 bits per heavy atom. The van der Waals surface area contributed by atoms with E-state index in [9.17, 15) is 22.4 Å².